The largest absolute Gasteiger partial charge is 0.494 e. The second-order valence-corrected chi connectivity index (χ2v) is 12.0. The van der Waals surface area contributed by atoms with Crippen molar-refractivity contribution in [3.63, 3.8) is 0 Å². The molecule has 0 saturated carbocycles. The van der Waals surface area contributed by atoms with E-state index in [0.717, 1.165) is 69.5 Å². The Morgan fingerprint density at radius 2 is 1.84 bits per heavy atom. The molecule has 0 aliphatic carbocycles. The smallest absolute Gasteiger partial charge is 0.488 e. The zero-order valence-electron chi connectivity index (χ0n) is 22.7. The maximum atomic E-state index is 6.31. The Kier molecular flexibility index (Phi) is 5.43. The molecule has 0 spiro atoms. The number of methoxy groups -OCH3 is 1. The maximum absolute atomic E-state index is 6.31. The fourth-order valence-electron chi connectivity index (χ4n) is 6.00. The Morgan fingerprint density at radius 3 is 2.63 bits per heavy atom. The summed E-state index contributed by atoms with van der Waals surface area (Å²) >= 11 is 0. The van der Waals surface area contributed by atoms with Crippen LogP contribution in [0.4, 0.5) is 0 Å². The van der Waals surface area contributed by atoms with E-state index in [1.807, 2.05) is 0 Å². The van der Waals surface area contributed by atoms with E-state index in [1.54, 1.807) is 7.11 Å². The molecule has 4 aromatic rings. The van der Waals surface area contributed by atoms with Gasteiger partial charge in [-0.25, -0.2) is 4.98 Å². The summed E-state index contributed by atoms with van der Waals surface area (Å²) in [5.41, 5.74) is 5.76. The quantitative estimate of drug-likeness (QED) is 0.381. The highest BCUT2D eigenvalue weighted by molar-refractivity contribution is 6.62. The van der Waals surface area contributed by atoms with Gasteiger partial charge >= 0.3 is 7.12 Å². The van der Waals surface area contributed by atoms with Gasteiger partial charge in [-0.2, -0.15) is 0 Å². The van der Waals surface area contributed by atoms with Gasteiger partial charge in [0.2, 0.25) is 0 Å². The minimum Gasteiger partial charge on any atom is -0.488 e. The molecular formula is C30H34BN3O4. The van der Waals surface area contributed by atoms with E-state index in [2.05, 4.69) is 80.5 Å². The molecule has 8 heteroatoms. The van der Waals surface area contributed by atoms with Gasteiger partial charge in [0.1, 0.15) is 18.2 Å². The number of nitrogens with zero attached hydrogens (tertiary/aromatic N) is 1. The van der Waals surface area contributed by atoms with Crippen molar-refractivity contribution in [2.45, 2.75) is 58.0 Å². The predicted molar refractivity (Wildman–Crippen MR) is 150 cm³/mol. The lowest BCUT2D eigenvalue weighted by Gasteiger charge is -2.32. The minimum absolute atomic E-state index is 0.219. The Balaban J connectivity index is 1.22. The van der Waals surface area contributed by atoms with E-state index in [-0.39, 0.29) is 24.4 Å². The molecular weight excluding hydrogens is 477 g/mol. The first-order valence-electron chi connectivity index (χ1n) is 13.5. The van der Waals surface area contributed by atoms with Crippen LogP contribution in [0.15, 0.2) is 42.5 Å². The molecule has 7 rings (SSSR count). The van der Waals surface area contributed by atoms with Gasteiger partial charge in [0, 0.05) is 24.6 Å². The molecule has 3 aromatic carbocycles. The number of hydrogen-bond donors (Lipinski definition) is 2. The molecule has 196 valence electrons. The van der Waals surface area contributed by atoms with E-state index in [4.69, 9.17) is 23.8 Å². The first kappa shape index (κ1) is 24.2. The zero-order chi connectivity index (χ0) is 26.2. The van der Waals surface area contributed by atoms with E-state index < -0.39 is 0 Å². The molecule has 2 unspecified atom stereocenters. The second kappa shape index (κ2) is 8.55. The van der Waals surface area contributed by atoms with E-state index in [9.17, 15) is 0 Å². The number of aromatic amines is 1. The molecule has 0 radical (unpaired) electrons. The summed E-state index contributed by atoms with van der Waals surface area (Å²) in [6.45, 7) is 10.6. The summed E-state index contributed by atoms with van der Waals surface area (Å²) in [7, 11) is 1.38. The lowest BCUT2D eigenvalue weighted by Crippen LogP contribution is -2.41. The Morgan fingerprint density at radius 1 is 1.03 bits per heavy atom. The zero-order valence-corrected chi connectivity index (χ0v) is 22.7. The number of rotatable bonds is 4. The SMILES string of the molecule is COCC1CNC(c2nc3c(ccc4cc5c(cc43)OCc3cc(B4OC(C)(C)C(C)(C)O4)ccc3-5)[nH]2)C1. The lowest BCUT2D eigenvalue weighted by atomic mass is 9.77. The summed E-state index contributed by atoms with van der Waals surface area (Å²) in [5.74, 6) is 2.40. The molecule has 0 bridgehead atoms. The van der Waals surface area contributed by atoms with Crippen molar-refractivity contribution in [2.24, 2.45) is 5.92 Å². The van der Waals surface area contributed by atoms with Crippen LogP contribution in [-0.2, 0) is 20.7 Å². The molecule has 7 nitrogen and oxygen atoms in total. The van der Waals surface area contributed by atoms with Crippen LogP contribution in [0, 0.1) is 5.92 Å². The van der Waals surface area contributed by atoms with Crippen molar-refractivity contribution in [3.05, 3.63) is 53.9 Å². The second-order valence-electron chi connectivity index (χ2n) is 12.0. The summed E-state index contributed by atoms with van der Waals surface area (Å²) in [5, 5.41) is 5.85. The van der Waals surface area contributed by atoms with Crippen LogP contribution in [0.2, 0.25) is 0 Å². The molecule has 4 heterocycles. The normalized spacial score (nSPS) is 23.6. The molecule has 2 fully saturated rings. The molecule has 2 saturated heterocycles. The van der Waals surface area contributed by atoms with Gasteiger partial charge in [-0.1, -0.05) is 24.3 Å². The fraction of sp³-hybridized carbons (Fsp3) is 0.433. The van der Waals surface area contributed by atoms with E-state index in [1.165, 1.54) is 5.56 Å². The highest BCUT2D eigenvalue weighted by atomic mass is 16.7. The van der Waals surface area contributed by atoms with Crippen molar-refractivity contribution < 1.29 is 18.8 Å². The van der Waals surface area contributed by atoms with Crippen molar-refractivity contribution in [2.75, 3.05) is 20.3 Å². The summed E-state index contributed by atoms with van der Waals surface area (Å²) < 4.78 is 24.2. The Labute approximate surface area is 223 Å². The average Bonchev–Trinajstić information content (AvgIpc) is 3.58. The third-order valence-electron chi connectivity index (χ3n) is 8.87. The van der Waals surface area contributed by atoms with Crippen LogP contribution in [0.1, 0.15) is 51.5 Å². The van der Waals surface area contributed by atoms with Crippen LogP contribution in [-0.4, -0.2) is 48.5 Å². The summed E-state index contributed by atoms with van der Waals surface area (Å²) in [6, 6.07) is 15.4. The lowest BCUT2D eigenvalue weighted by molar-refractivity contribution is 0.00578. The first-order valence-corrected chi connectivity index (χ1v) is 13.5. The highest BCUT2D eigenvalue weighted by Gasteiger charge is 2.51. The molecule has 38 heavy (non-hydrogen) atoms. The van der Waals surface area contributed by atoms with Crippen molar-refractivity contribution in [1.82, 2.24) is 15.3 Å². The molecule has 2 N–H and O–H groups in total. The first-order chi connectivity index (χ1) is 18.2. The number of aromatic nitrogens is 2. The van der Waals surface area contributed by atoms with Gasteiger partial charge in [0.15, 0.2) is 0 Å². The highest BCUT2D eigenvalue weighted by Crippen LogP contribution is 2.42. The van der Waals surface area contributed by atoms with Gasteiger partial charge in [-0.05, 0) is 80.2 Å². The number of hydrogen-bond acceptors (Lipinski definition) is 6. The summed E-state index contributed by atoms with van der Waals surface area (Å²) in [6.07, 6.45) is 1.02. The van der Waals surface area contributed by atoms with Crippen LogP contribution in [0.3, 0.4) is 0 Å². The third-order valence-corrected chi connectivity index (χ3v) is 8.87. The number of H-pyrrole nitrogens is 1. The van der Waals surface area contributed by atoms with E-state index >= 15 is 0 Å². The van der Waals surface area contributed by atoms with Gasteiger partial charge in [-0.15, -0.1) is 0 Å². The molecule has 1 aromatic heterocycles. The molecule has 3 aliphatic heterocycles. The number of fused-ring (bicyclic) bond motifs is 6. The van der Waals surface area contributed by atoms with Gasteiger partial charge in [0.05, 0.1) is 34.9 Å². The average molecular weight is 511 g/mol. The minimum atomic E-state index is -0.385. The fourth-order valence-corrected chi connectivity index (χ4v) is 6.00. The topological polar surface area (TPSA) is 77.6 Å². The number of ether oxygens (including phenoxy) is 2. The Hall–Kier alpha value is -2.91. The number of imidazole rings is 1. The van der Waals surface area contributed by atoms with E-state index in [0.29, 0.717) is 12.5 Å². The summed E-state index contributed by atoms with van der Waals surface area (Å²) in [4.78, 5) is 8.60. The van der Waals surface area contributed by atoms with Crippen LogP contribution >= 0.6 is 0 Å². The van der Waals surface area contributed by atoms with Crippen LogP contribution < -0.4 is 15.5 Å². The van der Waals surface area contributed by atoms with Gasteiger partial charge in [0.25, 0.3) is 0 Å². The van der Waals surface area contributed by atoms with Crippen molar-refractivity contribution in [1.29, 1.82) is 0 Å². The third kappa shape index (κ3) is 3.77. The standard InChI is InChI=1S/C30H34BN3O4/c1-29(2)30(3,4)38-31(37-29)20-7-8-21-19(11-20)16-36-26-13-22-18(12-23(21)26)6-9-24-27(22)34-28(33-24)25-10-17(14-32-25)15-35-5/h6-9,11-13,17,25,32H,10,14-16H2,1-5H3,(H,33,34). The van der Waals surface area contributed by atoms with Crippen molar-refractivity contribution in [3.8, 4) is 16.9 Å². The van der Waals surface area contributed by atoms with Gasteiger partial charge < -0.3 is 29.1 Å². The molecule has 0 amide bonds. The molecule has 3 aliphatic rings. The number of benzene rings is 3. The predicted octanol–water partition coefficient (Wildman–Crippen LogP) is 4.87. The van der Waals surface area contributed by atoms with Gasteiger partial charge in [-0.3, -0.25) is 0 Å². The molecule has 2 atom stereocenters. The number of nitrogens with one attached hydrogen (secondary N) is 2. The van der Waals surface area contributed by atoms with Crippen LogP contribution in [0.25, 0.3) is 32.9 Å². The van der Waals surface area contributed by atoms with Crippen molar-refractivity contribution >= 4 is 34.4 Å². The monoisotopic (exact) mass is 511 g/mol. The maximum Gasteiger partial charge on any atom is 0.494 e. The Bertz CT molecular complexity index is 1550. The van der Waals surface area contributed by atoms with Crippen LogP contribution in [0.5, 0.6) is 5.75 Å².